The number of alkyl carbamates (subject to hydrolysis) is 1. The van der Waals surface area contributed by atoms with E-state index < -0.39 is 36.1 Å². The van der Waals surface area contributed by atoms with Crippen LogP contribution in [0, 0.1) is 0 Å². The van der Waals surface area contributed by atoms with Crippen molar-refractivity contribution >= 4 is 42.2 Å². The van der Waals surface area contributed by atoms with Crippen LogP contribution >= 0.6 is 11.8 Å². The predicted molar refractivity (Wildman–Crippen MR) is 139 cm³/mol. The van der Waals surface area contributed by atoms with E-state index in [0.717, 1.165) is 6.42 Å². The van der Waals surface area contributed by atoms with E-state index in [1.54, 1.807) is 2.92 Å². The molecule has 2 atom stereocenters. The van der Waals surface area contributed by atoms with Crippen LogP contribution in [0.5, 0.6) is 0 Å². The Hall–Kier alpha value is -0.371. The quantitative estimate of drug-likeness (QED) is 0.208. The van der Waals surface area contributed by atoms with Gasteiger partial charge in [-0.05, 0) is 0 Å². The number of esters is 1. The molecule has 1 heterocycles. The molecule has 0 aliphatic carbocycles. The van der Waals surface area contributed by atoms with Crippen molar-refractivity contribution in [1.82, 2.24) is 5.32 Å². The zero-order chi connectivity index (χ0) is 24.2. The number of hydrogen-bond donors (Lipinski definition) is 1. The molecule has 1 aliphatic heterocycles. The van der Waals surface area contributed by atoms with Crippen molar-refractivity contribution < 1.29 is 19.1 Å². The number of nitrogens with one attached hydrogen (secondary N) is 1. The Morgan fingerprint density at radius 3 is 2.12 bits per heavy atom. The van der Waals surface area contributed by atoms with Gasteiger partial charge in [-0.25, -0.2) is 0 Å². The molecule has 1 rings (SSSR count). The Morgan fingerprint density at radius 1 is 1.12 bits per heavy atom. The molecule has 0 aromatic rings. The normalized spacial score (nSPS) is 22.1. The van der Waals surface area contributed by atoms with Crippen molar-refractivity contribution in [3.63, 3.8) is 0 Å². The van der Waals surface area contributed by atoms with E-state index >= 15 is 0 Å². The number of thioether (sulfide) groups is 1. The molecule has 0 spiro atoms. The summed E-state index contributed by atoms with van der Waals surface area (Å²) in [6.07, 6.45) is 10.0. The Labute approximate surface area is 205 Å². The van der Waals surface area contributed by atoms with Gasteiger partial charge in [-0.15, -0.1) is 0 Å². The molecule has 5 nitrogen and oxygen atoms in total. The molecule has 186 valence electrons. The van der Waals surface area contributed by atoms with Gasteiger partial charge in [0.25, 0.3) is 0 Å². The molecule has 0 unspecified atom stereocenters. The average molecular weight is 576 g/mol. The van der Waals surface area contributed by atoms with E-state index in [1.807, 2.05) is 39.5 Å². The van der Waals surface area contributed by atoms with Crippen LogP contribution in [0.25, 0.3) is 0 Å². The second kappa shape index (κ2) is 14.8. The standard InChI is InChI=1S/C13H20NO4S.3C4H9.Sn/c1-9-6-5-7-19-8-10(11(15)17-9)14-12(16)18-13(2,3)4;3*1-3-4-2;/h5,9-10H,6,8H2,1-4H3,(H,14,16);3*1,3-4H2,2H3;/t9-,10+;;;;/m1..../s1. The number of unbranched alkanes of at least 4 members (excludes halogenated alkanes) is 3. The maximum absolute atomic E-state index is 12.8. The van der Waals surface area contributed by atoms with Crippen LogP contribution in [0.15, 0.2) is 9.00 Å². The summed E-state index contributed by atoms with van der Waals surface area (Å²) in [6.45, 7) is 14.3. The Balaban J connectivity index is 3.17. The van der Waals surface area contributed by atoms with Gasteiger partial charge in [-0.3, -0.25) is 0 Å². The van der Waals surface area contributed by atoms with Crippen LogP contribution in [0.3, 0.4) is 0 Å². The molecule has 0 radical (unpaired) electrons. The zero-order valence-corrected chi connectivity index (χ0v) is 25.2. The number of rotatable bonds is 11. The number of cyclic esters (lactones) is 1. The molecule has 0 aromatic carbocycles. The topological polar surface area (TPSA) is 64.6 Å². The third-order valence-electron chi connectivity index (χ3n) is 5.88. The second-order valence-corrected chi connectivity index (χ2v) is 25.4. The first-order chi connectivity index (χ1) is 15.1. The second-order valence-electron chi connectivity index (χ2n) is 10.2. The van der Waals surface area contributed by atoms with Gasteiger partial charge in [0.15, 0.2) is 0 Å². The summed E-state index contributed by atoms with van der Waals surface area (Å²) in [5, 5.41) is 2.78. The summed E-state index contributed by atoms with van der Waals surface area (Å²) in [4.78, 5) is 25.2. The molecule has 0 saturated heterocycles. The van der Waals surface area contributed by atoms with Crippen LogP contribution in [-0.4, -0.2) is 53.9 Å². The predicted octanol–water partition coefficient (Wildman–Crippen LogP) is 7.22. The summed E-state index contributed by atoms with van der Waals surface area (Å²) in [5.41, 5.74) is -0.607. The number of carbonyl (C=O) groups is 2. The minimum absolute atomic E-state index is 0.188. The Bertz CT molecular complexity index is 596. The van der Waals surface area contributed by atoms with Crippen molar-refractivity contribution in [3.05, 3.63) is 9.00 Å². The van der Waals surface area contributed by atoms with Gasteiger partial charge >= 0.3 is 206 Å². The third kappa shape index (κ3) is 10.7. The number of amides is 1. The van der Waals surface area contributed by atoms with Gasteiger partial charge in [0.05, 0.1) is 0 Å². The monoisotopic (exact) mass is 577 g/mol. The summed E-state index contributed by atoms with van der Waals surface area (Å²) in [5.74, 6) is 0.154. The van der Waals surface area contributed by atoms with Gasteiger partial charge in [0.2, 0.25) is 0 Å². The van der Waals surface area contributed by atoms with Crippen LogP contribution < -0.4 is 5.32 Å². The number of hydrogen-bond acceptors (Lipinski definition) is 5. The molecule has 1 N–H and O–H groups in total. The minimum atomic E-state index is -2.62. The molecule has 0 aromatic heterocycles. The first-order valence-electron chi connectivity index (χ1n) is 12.6. The summed E-state index contributed by atoms with van der Waals surface area (Å²) in [6, 6.07) is -0.689. The van der Waals surface area contributed by atoms with Gasteiger partial charge < -0.3 is 0 Å². The summed E-state index contributed by atoms with van der Waals surface area (Å²) in [7, 11) is 0. The van der Waals surface area contributed by atoms with Gasteiger partial charge in [0, 0.05) is 0 Å². The van der Waals surface area contributed by atoms with Crippen LogP contribution in [0.2, 0.25) is 13.3 Å². The first kappa shape index (κ1) is 29.7. The van der Waals surface area contributed by atoms with Crippen molar-refractivity contribution in [1.29, 1.82) is 0 Å². The van der Waals surface area contributed by atoms with Crippen LogP contribution in [0.1, 0.15) is 93.4 Å². The molecule has 1 amide bonds. The fourth-order valence-electron chi connectivity index (χ4n) is 4.11. The molecular formula is C25H47NO4SSn. The number of ether oxygens (including phenoxy) is 2. The third-order valence-corrected chi connectivity index (χ3v) is 25.8. The Morgan fingerprint density at radius 2 is 1.66 bits per heavy atom. The number of carbonyl (C=O) groups excluding carboxylic acids is 2. The van der Waals surface area contributed by atoms with E-state index in [-0.39, 0.29) is 12.1 Å². The molecule has 0 saturated carbocycles. The maximum atomic E-state index is 12.8. The first-order valence-corrected chi connectivity index (χ1v) is 21.1. The van der Waals surface area contributed by atoms with Crippen molar-refractivity contribution in [2.24, 2.45) is 0 Å². The fourth-order valence-corrected chi connectivity index (χ4v) is 25.2. The molecule has 0 fully saturated rings. The Kier molecular flexibility index (Phi) is 13.7. The van der Waals surface area contributed by atoms with Gasteiger partial charge in [-0.1, -0.05) is 0 Å². The van der Waals surface area contributed by atoms with E-state index in [4.69, 9.17) is 9.47 Å². The van der Waals surface area contributed by atoms with E-state index in [0.29, 0.717) is 5.75 Å². The molecule has 7 heteroatoms. The van der Waals surface area contributed by atoms with E-state index in [1.165, 1.54) is 51.8 Å². The van der Waals surface area contributed by atoms with Crippen molar-refractivity contribution in [2.45, 2.75) is 124 Å². The van der Waals surface area contributed by atoms with Crippen LogP contribution in [0.4, 0.5) is 4.79 Å². The van der Waals surface area contributed by atoms with Crippen molar-refractivity contribution in [2.75, 3.05) is 5.75 Å². The van der Waals surface area contributed by atoms with Gasteiger partial charge in [-0.2, -0.15) is 0 Å². The van der Waals surface area contributed by atoms with Gasteiger partial charge in [0.1, 0.15) is 0 Å². The summed E-state index contributed by atoms with van der Waals surface area (Å²) < 4.78 is 16.8. The van der Waals surface area contributed by atoms with Crippen molar-refractivity contribution in [3.8, 4) is 0 Å². The molecule has 32 heavy (non-hydrogen) atoms. The molecule has 0 bridgehead atoms. The van der Waals surface area contributed by atoms with E-state index in [9.17, 15) is 9.59 Å². The van der Waals surface area contributed by atoms with Crippen LogP contribution in [-0.2, 0) is 14.3 Å². The summed E-state index contributed by atoms with van der Waals surface area (Å²) >= 11 is -0.791. The SMILES string of the molecule is CCC[CH2][Sn]([CH2]CCC)([CH2]CCC)/[C]1=C/C[C@@H](C)OC(=O)[C@@H](NC(=O)OC(C)(C)C)CS1. The fraction of sp³-hybridized carbons (Fsp3) is 0.840. The molecule has 1 aliphatic rings. The van der Waals surface area contributed by atoms with E-state index in [2.05, 4.69) is 32.2 Å². The average Bonchev–Trinajstić information content (AvgIpc) is 2.77. The zero-order valence-electron chi connectivity index (χ0n) is 21.6. The molecular weight excluding hydrogens is 529 g/mol.